The first-order valence-electron chi connectivity index (χ1n) is 6.29. The Bertz CT molecular complexity index is 451. The topological polar surface area (TPSA) is 91.9 Å². The summed E-state index contributed by atoms with van der Waals surface area (Å²) in [4.78, 5) is 34.3. The third-order valence-corrected chi connectivity index (χ3v) is 2.60. The number of carbonyl (C=O) groups is 3. The van der Waals surface area contributed by atoms with Crippen LogP contribution in [0.4, 0.5) is 0 Å². The van der Waals surface area contributed by atoms with Crippen LogP contribution in [0.1, 0.15) is 32.3 Å². The Balaban J connectivity index is 0.00000361. The van der Waals surface area contributed by atoms with E-state index in [2.05, 4.69) is 0 Å². The molecule has 0 saturated heterocycles. The molecule has 1 aromatic rings. The van der Waals surface area contributed by atoms with Gasteiger partial charge in [-0.2, -0.15) is 0 Å². The van der Waals surface area contributed by atoms with E-state index in [1.54, 1.807) is 24.3 Å². The molecule has 2 N–H and O–H groups in total. The molecular formula is C15H20O5. The number of ketones is 2. The molecule has 5 heteroatoms. The van der Waals surface area contributed by atoms with E-state index in [9.17, 15) is 14.4 Å². The standard InChI is InChI=1S/C15H18O4.H2O/c1-11(2)8-9-13(16)14(17)15(18)19-10-12-6-4-3-5-7-12;/h3-7,11H,8-10H2,1-2H3;1H2. The minimum Gasteiger partial charge on any atom is -0.455 e. The molecule has 0 amide bonds. The molecule has 0 aliphatic rings. The van der Waals surface area contributed by atoms with E-state index in [1.807, 2.05) is 19.9 Å². The van der Waals surface area contributed by atoms with Crippen LogP contribution in [0.15, 0.2) is 30.3 Å². The van der Waals surface area contributed by atoms with Crippen molar-refractivity contribution in [1.29, 1.82) is 0 Å². The summed E-state index contributed by atoms with van der Waals surface area (Å²) in [5, 5.41) is 0. The lowest BCUT2D eigenvalue weighted by molar-refractivity contribution is -0.157. The third kappa shape index (κ3) is 6.24. The van der Waals surface area contributed by atoms with Crippen molar-refractivity contribution >= 4 is 17.5 Å². The first-order valence-corrected chi connectivity index (χ1v) is 6.29. The molecule has 0 bridgehead atoms. The van der Waals surface area contributed by atoms with E-state index < -0.39 is 17.5 Å². The van der Waals surface area contributed by atoms with E-state index in [4.69, 9.17) is 4.74 Å². The zero-order valence-corrected chi connectivity index (χ0v) is 11.7. The zero-order chi connectivity index (χ0) is 14.3. The van der Waals surface area contributed by atoms with Crippen LogP contribution in [0.5, 0.6) is 0 Å². The van der Waals surface area contributed by atoms with Crippen molar-refractivity contribution in [1.82, 2.24) is 0 Å². The van der Waals surface area contributed by atoms with Crippen LogP contribution < -0.4 is 0 Å². The van der Waals surface area contributed by atoms with Gasteiger partial charge in [0.2, 0.25) is 5.78 Å². The second-order valence-electron chi connectivity index (χ2n) is 4.75. The van der Waals surface area contributed by atoms with Gasteiger partial charge in [-0.1, -0.05) is 44.2 Å². The van der Waals surface area contributed by atoms with E-state index in [-0.39, 0.29) is 18.5 Å². The molecule has 0 saturated carbocycles. The third-order valence-electron chi connectivity index (χ3n) is 2.60. The molecule has 110 valence electrons. The van der Waals surface area contributed by atoms with Crippen LogP contribution in [0.3, 0.4) is 0 Å². The maximum atomic E-state index is 11.5. The highest BCUT2D eigenvalue weighted by atomic mass is 16.5. The monoisotopic (exact) mass is 280 g/mol. The second kappa shape index (κ2) is 8.98. The summed E-state index contributed by atoms with van der Waals surface area (Å²) >= 11 is 0. The molecule has 0 spiro atoms. The number of hydrogen-bond acceptors (Lipinski definition) is 4. The van der Waals surface area contributed by atoms with E-state index in [0.29, 0.717) is 12.3 Å². The van der Waals surface area contributed by atoms with E-state index in [1.165, 1.54) is 0 Å². The SMILES string of the molecule is CC(C)CCC(=O)C(=O)C(=O)OCc1ccccc1.O. The predicted molar refractivity (Wildman–Crippen MR) is 73.9 cm³/mol. The van der Waals surface area contributed by atoms with Gasteiger partial charge in [0, 0.05) is 6.42 Å². The molecule has 5 nitrogen and oxygen atoms in total. The lowest BCUT2D eigenvalue weighted by Crippen LogP contribution is -2.26. The van der Waals surface area contributed by atoms with Gasteiger partial charge in [0.1, 0.15) is 6.61 Å². The van der Waals surface area contributed by atoms with Crippen LogP contribution >= 0.6 is 0 Å². The van der Waals surface area contributed by atoms with Crippen molar-refractivity contribution in [3.05, 3.63) is 35.9 Å². The van der Waals surface area contributed by atoms with Gasteiger partial charge in [-0.15, -0.1) is 0 Å². The fourth-order valence-electron chi connectivity index (χ4n) is 1.44. The zero-order valence-electron chi connectivity index (χ0n) is 11.7. The normalized spacial score (nSPS) is 9.75. The Morgan fingerprint density at radius 3 is 2.25 bits per heavy atom. The number of rotatable bonds is 7. The van der Waals surface area contributed by atoms with Gasteiger partial charge in [-0.3, -0.25) is 9.59 Å². The number of ether oxygens (including phenoxy) is 1. The Hall–Kier alpha value is -2.01. The molecule has 20 heavy (non-hydrogen) atoms. The molecule has 0 heterocycles. The summed E-state index contributed by atoms with van der Waals surface area (Å²) in [5.41, 5.74) is 0.776. The molecular weight excluding hydrogens is 260 g/mol. The maximum absolute atomic E-state index is 11.5. The summed E-state index contributed by atoms with van der Waals surface area (Å²) in [7, 11) is 0. The first kappa shape index (κ1) is 18.0. The van der Waals surface area contributed by atoms with Crippen molar-refractivity contribution < 1.29 is 24.6 Å². The predicted octanol–water partition coefficient (Wildman–Crippen LogP) is 1.48. The lowest BCUT2D eigenvalue weighted by Gasteiger charge is -2.04. The molecule has 0 radical (unpaired) electrons. The fourth-order valence-corrected chi connectivity index (χ4v) is 1.44. The lowest BCUT2D eigenvalue weighted by atomic mass is 10.0. The van der Waals surface area contributed by atoms with E-state index in [0.717, 1.165) is 5.56 Å². The second-order valence-corrected chi connectivity index (χ2v) is 4.75. The molecule has 1 aromatic carbocycles. The van der Waals surface area contributed by atoms with Crippen molar-refractivity contribution in [3.8, 4) is 0 Å². The summed E-state index contributed by atoms with van der Waals surface area (Å²) in [6.45, 7) is 3.90. The van der Waals surface area contributed by atoms with Crippen molar-refractivity contribution in [2.24, 2.45) is 5.92 Å². The molecule has 0 aliphatic heterocycles. The van der Waals surface area contributed by atoms with Gasteiger partial charge in [0.25, 0.3) is 0 Å². The van der Waals surface area contributed by atoms with Gasteiger partial charge in [-0.25, -0.2) is 4.79 Å². The Kier molecular flexibility index (Phi) is 8.08. The molecule has 0 unspecified atom stereocenters. The average molecular weight is 280 g/mol. The molecule has 0 atom stereocenters. The largest absolute Gasteiger partial charge is 0.455 e. The summed E-state index contributed by atoms with van der Waals surface area (Å²) < 4.78 is 4.81. The van der Waals surface area contributed by atoms with Gasteiger partial charge >= 0.3 is 11.8 Å². The van der Waals surface area contributed by atoms with Crippen LogP contribution in [0.25, 0.3) is 0 Å². The molecule has 1 rings (SSSR count). The highest BCUT2D eigenvalue weighted by Gasteiger charge is 2.23. The average Bonchev–Trinajstić information content (AvgIpc) is 2.42. The number of esters is 1. The van der Waals surface area contributed by atoms with Crippen molar-refractivity contribution in [2.75, 3.05) is 0 Å². The number of Topliss-reactive ketones (excluding diaryl/α,β-unsaturated/α-hetero) is 2. The highest BCUT2D eigenvalue weighted by molar-refractivity contribution is 6.62. The molecule has 0 fully saturated rings. The Labute approximate surface area is 118 Å². The van der Waals surface area contributed by atoms with Crippen molar-refractivity contribution in [2.45, 2.75) is 33.3 Å². The highest BCUT2D eigenvalue weighted by Crippen LogP contribution is 2.05. The smallest absolute Gasteiger partial charge is 0.383 e. The number of benzene rings is 1. The van der Waals surface area contributed by atoms with Gasteiger partial charge < -0.3 is 10.2 Å². The summed E-state index contributed by atoms with van der Waals surface area (Å²) in [5.74, 6) is -2.49. The minimum absolute atomic E-state index is 0. The summed E-state index contributed by atoms with van der Waals surface area (Å²) in [6, 6.07) is 9.00. The maximum Gasteiger partial charge on any atom is 0.383 e. The Morgan fingerprint density at radius 2 is 1.70 bits per heavy atom. The minimum atomic E-state index is -1.07. The Morgan fingerprint density at radius 1 is 1.10 bits per heavy atom. The molecule has 0 aliphatic carbocycles. The van der Waals surface area contributed by atoms with Gasteiger partial charge in [-0.05, 0) is 17.9 Å². The van der Waals surface area contributed by atoms with E-state index >= 15 is 0 Å². The first-order chi connectivity index (χ1) is 9.00. The summed E-state index contributed by atoms with van der Waals surface area (Å²) in [6.07, 6.45) is 0.688. The molecule has 0 aromatic heterocycles. The van der Waals surface area contributed by atoms with Crippen LogP contribution in [0, 0.1) is 5.92 Å². The van der Waals surface area contributed by atoms with Crippen LogP contribution in [-0.4, -0.2) is 23.0 Å². The number of hydrogen-bond donors (Lipinski definition) is 0. The quantitative estimate of drug-likeness (QED) is 0.429. The fraction of sp³-hybridized carbons (Fsp3) is 0.400. The van der Waals surface area contributed by atoms with Crippen molar-refractivity contribution in [3.63, 3.8) is 0 Å². The van der Waals surface area contributed by atoms with Gasteiger partial charge in [0.15, 0.2) is 0 Å². The van der Waals surface area contributed by atoms with Crippen LogP contribution in [0.2, 0.25) is 0 Å². The van der Waals surface area contributed by atoms with Crippen LogP contribution in [-0.2, 0) is 25.7 Å². The van der Waals surface area contributed by atoms with Gasteiger partial charge in [0.05, 0.1) is 0 Å². The number of carbonyl (C=O) groups excluding carboxylic acids is 3.